The van der Waals surface area contributed by atoms with E-state index in [-0.39, 0.29) is 5.91 Å². The van der Waals surface area contributed by atoms with Crippen molar-refractivity contribution in [3.05, 3.63) is 29.3 Å². The Morgan fingerprint density at radius 3 is 2.00 bits per heavy atom. The smallest absolute Gasteiger partial charge is 0.224 e. The van der Waals surface area contributed by atoms with Crippen molar-refractivity contribution in [1.82, 2.24) is 0 Å². The third kappa shape index (κ3) is 2.68. The van der Waals surface area contributed by atoms with Crippen molar-refractivity contribution in [3.8, 4) is 0 Å². The first kappa shape index (κ1) is 14.3. The molecule has 22 heavy (non-hydrogen) atoms. The summed E-state index contributed by atoms with van der Waals surface area (Å²) in [5.74, 6) is 2.98. The van der Waals surface area contributed by atoms with Crippen LogP contribution in [-0.2, 0) is 4.79 Å². The van der Waals surface area contributed by atoms with Crippen molar-refractivity contribution >= 4 is 11.6 Å². The quantitative estimate of drug-likeness (QED) is 0.849. The van der Waals surface area contributed by atoms with Gasteiger partial charge in [-0.05, 0) is 98.8 Å². The van der Waals surface area contributed by atoms with Crippen LogP contribution in [0.4, 0.5) is 5.69 Å². The van der Waals surface area contributed by atoms with Crippen LogP contribution in [0.1, 0.15) is 56.1 Å². The second-order valence-electron chi connectivity index (χ2n) is 8.52. The highest BCUT2D eigenvalue weighted by Gasteiger charge is 2.51. The molecule has 1 amide bonds. The summed E-state index contributed by atoms with van der Waals surface area (Å²) < 4.78 is 0. The van der Waals surface area contributed by atoms with Crippen molar-refractivity contribution in [1.29, 1.82) is 0 Å². The van der Waals surface area contributed by atoms with Gasteiger partial charge in [-0.1, -0.05) is 6.07 Å². The zero-order valence-corrected chi connectivity index (χ0v) is 13.8. The normalized spacial score (nSPS) is 35.6. The van der Waals surface area contributed by atoms with Gasteiger partial charge in [0, 0.05) is 12.1 Å². The molecule has 2 heteroatoms. The third-order valence-electron chi connectivity index (χ3n) is 6.21. The van der Waals surface area contributed by atoms with E-state index >= 15 is 0 Å². The molecular weight excluding hydrogens is 270 g/mol. The van der Waals surface area contributed by atoms with Crippen LogP contribution < -0.4 is 5.32 Å². The lowest BCUT2D eigenvalue weighted by atomic mass is 9.49. The maximum Gasteiger partial charge on any atom is 0.224 e. The molecule has 0 aromatic heterocycles. The van der Waals surface area contributed by atoms with Crippen molar-refractivity contribution in [2.75, 3.05) is 5.32 Å². The van der Waals surface area contributed by atoms with Gasteiger partial charge in [-0.15, -0.1) is 0 Å². The molecule has 4 aliphatic rings. The molecule has 4 fully saturated rings. The predicted octanol–water partition coefficient (Wildman–Crippen LogP) is 4.85. The Balaban J connectivity index is 1.46. The van der Waals surface area contributed by atoms with Crippen LogP contribution >= 0.6 is 0 Å². The number of carbonyl (C=O) groups is 1. The van der Waals surface area contributed by atoms with Gasteiger partial charge < -0.3 is 5.32 Å². The number of hydrogen-bond donors (Lipinski definition) is 1. The minimum absolute atomic E-state index is 0.229. The molecule has 1 aromatic rings. The minimum Gasteiger partial charge on any atom is -0.326 e. The van der Waals surface area contributed by atoms with Gasteiger partial charge in [0.05, 0.1) is 0 Å². The lowest BCUT2D eigenvalue weighted by molar-refractivity contribution is -0.124. The topological polar surface area (TPSA) is 29.1 Å². The zero-order chi connectivity index (χ0) is 15.3. The Morgan fingerprint density at radius 1 is 1.00 bits per heavy atom. The Hall–Kier alpha value is -1.31. The first-order valence-electron chi connectivity index (χ1n) is 8.88. The van der Waals surface area contributed by atoms with E-state index in [1.165, 1.54) is 49.7 Å². The predicted molar refractivity (Wildman–Crippen MR) is 89.8 cm³/mol. The highest BCUT2D eigenvalue weighted by atomic mass is 16.1. The molecule has 5 rings (SSSR count). The number of benzene rings is 1. The van der Waals surface area contributed by atoms with Crippen LogP contribution in [0.25, 0.3) is 0 Å². The Morgan fingerprint density at radius 2 is 1.50 bits per heavy atom. The molecule has 0 unspecified atom stereocenters. The van der Waals surface area contributed by atoms with Gasteiger partial charge in [0.2, 0.25) is 5.91 Å². The molecule has 0 spiro atoms. The fourth-order valence-corrected chi connectivity index (χ4v) is 6.10. The van der Waals surface area contributed by atoms with Gasteiger partial charge in [0.1, 0.15) is 0 Å². The third-order valence-corrected chi connectivity index (χ3v) is 6.21. The molecule has 118 valence electrons. The summed E-state index contributed by atoms with van der Waals surface area (Å²) in [6, 6.07) is 6.30. The molecule has 1 N–H and O–H groups in total. The van der Waals surface area contributed by atoms with Crippen molar-refractivity contribution in [2.45, 2.75) is 58.8 Å². The summed E-state index contributed by atoms with van der Waals surface area (Å²) in [5, 5.41) is 3.16. The highest BCUT2D eigenvalue weighted by Crippen LogP contribution is 2.61. The highest BCUT2D eigenvalue weighted by molar-refractivity contribution is 5.91. The summed E-state index contributed by atoms with van der Waals surface area (Å²) in [5.41, 5.74) is 3.72. The molecule has 0 aliphatic heterocycles. The van der Waals surface area contributed by atoms with Crippen LogP contribution in [-0.4, -0.2) is 5.91 Å². The average molecular weight is 297 g/mol. The van der Waals surface area contributed by atoms with E-state index in [4.69, 9.17) is 0 Å². The monoisotopic (exact) mass is 297 g/mol. The fourth-order valence-electron chi connectivity index (χ4n) is 6.10. The van der Waals surface area contributed by atoms with E-state index in [0.29, 0.717) is 5.41 Å². The molecule has 2 nitrogen and oxygen atoms in total. The number of amides is 1. The number of anilines is 1. The van der Waals surface area contributed by atoms with Crippen LogP contribution in [0.3, 0.4) is 0 Å². The number of hydrogen-bond acceptors (Lipinski definition) is 1. The van der Waals surface area contributed by atoms with Crippen LogP contribution in [0.5, 0.6) is 0 Å². The molecule has 0 saturated heterocycles. The first-order chi connectivity index (χ1) is 10.5. The second-order valence-corrected chi connectivity index (χ2v) is 8.52. The summed E-state index contributed by atoms with van der Waals surface area (Å²) in [4.78, 5) is 12.6. The first-order valence-corrected chi connectivity index (χ1v) is 8.88. The van der Waals surface area contributed by atoms with E-state index in [1.807, 2.05) is 0 Å². The Kier molecular flexibility index (Phi) is 3.32. The maximum atomic E-state index is 12.6. The number of nitrogens with one attached hydrogen (secondary N) is 1. The van der Waals surface area contributed by atoms with Crippen LogP contribution in [0.15, 0.2) is 18.2 Å². The van der Waals surface area contributed by atoms with E-state index in [9.17, 15) is 4.79 Å². The standard InChI is InChI=1S/C20H27NO/c1-13-3-14(2)5-18(4-13)21-19(22)12-20-9-15-6-16(10-20)8-17(7-15)11-20/h3-5,15-17H,6-12H2,1-2H3,(H,21,22). The number of aryl methyl sites for hydroxylation is 2. The molecule has 0 atom stereocenters. The molecule has 0 radical (unpaired) electrons. The Labute approximate surface area is 133 Å². The summed E-state index contributed by atoms with van der Waals surface area (Å²) in [6.07, 6.45) is 8.98. The SMILES string of the molecule is Cc1cc(C)cc(NC(=O)CC23CC4CC(CC(C4)C2)C3)c1. The average Bonchev–Trinajstić information content (AvgIpc) is 2.33. The largest absolute Gasteiger partial charge is 0.326 e. The van der Waals surface area contributed by atoms with Gasteiger partial charge in [-0.25, -0.2) is 0 Å². The van der Waals surface area contributed by atoms with Crippen LogP contribution in [0.2, 0.25) is 0 Å². The molecule has 4 aliphatic carbocycles. The maximum absolute atomic E-state index is 12.6. The number of rotatable bonds is 3. The van der Waals surface area contributed by atoms with Gasteiger partial charge in [0.25, 0.3) is 0 Å². The molecular formula is C20H27NO. The lowest BCUT2D eigenvalue weighted by Crippen LogP contribution is -2.47. The lowest BCUT2D eigenvalue weighted by Gasteiger charge is -2.56. The summed E-state index contributed by atoms with van der Waals surface area (Å²) in [7, 11) is 0. The van der Waals surface area contributed by atoms with E-state index in [1.54, 1.807) is 0 Å². The van der Waals surface area contributed by atoms with Gasteiger partial charge in [-0.3, -0.25) is 4.79 Å². The van der Waals surface area contributed by atoms with Crippen molar-refractivity contribution in [3.63, 3.8) is 0 Å². The van der Waals surface area contributed by atoms with Gasteiger partial charge in [0.15, 0.2) is 0 Å². The summed E-state index contributed by atoms with van der Waals surface area (Å²) >= 11 is 0. The Bertz CT molecular complexity index is 548. The van der Waals surface area contributed by atoms with E-state index in [2.05, 4.69) is 37.4 Å². The minimum atomic E-state index is 0.229. The van der Waals surface area contributed by atoms with Gasteiger partial charge in [-0.2, -0.15) is 0 Å². The van der Waals surface area contributed by atoms with Crippen molar-refractivity contribution in [2.24, 2.45) is 23.2 Å². The zero-order valence-electron chi connectivity index (χ0n) is 13.8. The van der Waals surface area contributed by atoms with Gasteiger partial charge >= 0.3 is 0 Å². The van der Waals surface area contributed by atoms with E-state index < -0.39 is 0 Å². The molecule has 1 aromatic carbocycles. The second kappa shape index (κ2) is 5.11. The van der Waals surface area contributed by atoms with Crippen molar-refractivity contribution < 1.29 is 4.79 Å². The van der Waals surface area contributed by atoms with Crippen LogP contribution in [0, 0.1) is 37.0 Å². The molecule has 4 saturated carbocycles. The molecule has 4 bridgehead atoms. The molecule has 0 heterocycles. The number of carbonyl (C=O) groups excluding carboxylic acids is 1. The summed E-state index contributed by atoms with van der Waals surface area (Å²) in [6.45, 7) is 4.17. The van der Waals surface area contributed by atoms with E-state index in [0.717, 1.165) is 29.9 Å². The fraction of sp³-hybridized carbons (Fsp3) is 0.650.